The molecular weight excluding hydrogens is 126 g/mol. The van der Waals surface area contributed by atoms with E-state index >= 15 is 0 Å². The summed E-state index contributed by atoms with van der Waals surface area (Å²) in [7, 11) is 0. The van der Waals surface area contributed by atoms with Crippen LogP contribution in [0.2, 0.25) is 0 Å². The lowest BCUT2D eigenvalue weighted by Crippen LogP contribution is -1.91. The Hall–Kier alpha value is -0.880. The normalized spacial score (nSPS) is 29.0. The van der Waals surface area contributed by atoms with Crippen LogP contribution in [0.3, 0.4) is 0 Å². The van der Waals surface area contributed by atoms with Gasteiger partial charge in [0.25, 0.3) is 0 Å². The van der Waals surface area contributed by atoms with E-state index in [9.17, 15) is 4.79 Å². The SMILES string of the molecule is O=C=NC1=C2CCC(C2)C1. The zero-order valence-electron chi connectivity index (χ0n) is 5.76. The Kier molecular flexibility index (Phi) is 1.21. The van der Waals surface area contributed by atoms with E-state index in [0.29, 0.717) is 0 Å². The Bertz CT molecular complexity index is 236. The molecule has 0 radical (unpaired) electrons. The van der Waals surface area contributed by atoms with Gasteiger partial charge in [-0.3, -0.25) is 0 Å². The van der Waals surface area contributed by atoms with Gasteiger partial charge in [0, 0.05) is 0 Å². The smallest absolute Gasteiger partial charge is 0.211 e. The van der Waals surface area contributed by atoms with E-state index in [2.05, 4.69) is 4.99 Å². The first-order valence-electron chi connectivity index (χ1n) is 3.69. The third-order valence-corrected chi connectivity index (χ3v) is 2.46. The van der Waals surface area contributed by atoms with Crippen LogP contribution in [0, 0.1) is 5.92 Å². The van der Waals surface area contributed by atoms with E-state index in [1.165, 1.54) is 24.8 Å². The van der Waals surface area contributed by atoms with Gasteiger partial charge in [0.1, 0.15) is 0 Å². The van der Waals surface area contributed by atoms with Crippen LogP contribution in [0.1, 0.15) is 25.7 Å². The number of hydrogen-bond donors (Lipinski definition) is 0. The molecule has 2 bridgehead atoms. The second-order valence-corrected chi connectivity index (χ2v) is 3.07. The highest BCUT2D eigenvalue weighted by atomic mass is 16.1. The molecule has 0 aromatic carbocycles. The molecule has 1 unspecified atom stereocenters. The van der Waals surface area contributed by atoms with Crippen molar-refractivity contribution in [2.24, 2.45) is 10.9 Å². The fourth-order valence-corrected chi connectivity index (χ4v) is 1.96. The summed E-state index contributed by atoms with van der Waals surface area (Å²) in [6.45, 7) is 0. The van der Waals surface area contributed by atoms with E-state index in [0.717, 1.165) is 18.0 Å². The molecular formula is C8H9NO. The summed E-state index contributed by atoms with van der Waals surface area (Å²) >= 11 is 0. The molecule has 2 nitrogen and oxygen atoms in total. The van der Waals surface area contributed by atoms with Crippen molar-refractivity contribution >= 4 is 6.08 Å². The summed E-state index contributed by atoms with van der Waals surface area (Å²) in [6.07, 6.45) is 6.32. The minimum Gasteiger partial charge on any atom is -0.211 e. The topological polar surface area (TPSA) is 29.4 Å². The van der Waals surface area contributed by atoms with Gasteiger partial charge >= 0.3 is 0 Å². The van der Waals surface area contributed by atoms with E-state index in [4.69, 9.17) is 0 Å². The fourth-order valence-electron chi connectivity index (χ4n) is 1.96. The molecule has 0 saturated heterocycles. The average Bonchev–Trinajstić information content (AvgIpc) is 2.48. The number of fused-ring (bicyclic) bond motifs is 2. The van der Waals surface area contributed by atoms with Gasteiger partial charge in [0.05, 0.1) is 5.70 Å². The van der Waals surface area contributed by atoms with Gasteiger partial charge in [-0.25, -0.2) is 4.79 Å². The summed E-state index contributed by atoms with van der Waals surface area (Å²) in [6, 6.07) is 0. The molecule has 0 heterocycles. The van der Waals surface area contributed by atoms with Gasteiger partial charge in [0.15, 0.2) is 0 Å². The Morgan fingerprint density at radius 3 is 2.90 bits per heavy atom. The molecule has 10 heavy (non-hydrogen) atoms. The van der Waals surface area contributed by atoms with E-state index in [1.807, 2.05) is 0 Å². The maximum absolute atomic E-state index is 9.91. The van der Waals surface area contributed by atoms with Crippen molar-refractivity contribution in [1.82, 2.24) is 0 Å². The number of nitrogens with zero attached hydrogens (tertiary/aromatic N) is 1. The molecule has 52 valence electrons. The molecule has 0 aromatic heterocycles. The van der Waals surface area contributed by atoms with Gasteiger partial charge in [-0.15, -0.1) is 0 Å². The van der Waals surface area contributed by atoms with Gasteiger partial charge in [-0.2, -0.15) is 4.99 Å². The number of allylic oxidation sites excluding steroid dienone is 2. The van der Waals surface area contributed by atoms with Crippen LogP contribution >= 0.6 is 0 Å². The summed E-state index contributed by atoms with van der Waals surface area (Å²) in [5.41, 5.74) is 2.44. The minimum absolute atomic E-state index is 0.807. The molecule has 1 atom stereocenters. The van der Waals surface area contributed by atoms with Crippen molar-refractivity contribution in [2.75, 3.05) is 0 Å². The molecule has 0 amide bonds. The van der Waals surface area contributed by atoms with Crippen LogP contribution in [-0.4, -0.2) is 6.08 Å². The molecule has 2 rings (SSSR count). The second kappa shape index (κ2) is 2.06. The van der Waals surface area contributed by atoms with E-state index in [1.54, 1.807) is 6.08 Å². The number of isocyanates is 1. The number of hydrogen-bond acceptors (Lipinski definition) is 2. The van der Waals surface area contributed by atoms with Crippen LogP contribution in [-0.2, 0) is 4.79 Å². The van der Waals surface area contributed by atoms with Crippen LogP contribution in [0.25, 0.3) is 0 Å². The molecule has 0 spiro atoms. The summed E-state index contributed by atoms with van der Waals surface area (Å²) in [5.74, 6) is 0.807. The lowest BCUT2D eigenvalue weighted by Gasteiger charge is -2.04. The lowest BCUT2D eigenvalue weighted by atomic mass is 10.0. The molecule has 0 aliphatic heterocycles. The van der Waals surface area contributed by atoms with Crippen molar-refractivity contribution in [3.05, 3.63) is 11.3 Å². The highest BCUT2D eigenvalue weighted by molar-refractivity contribution is 5.40. The van der Waals surface area contributed by atoms with Gasteiger partial charge in [-0.05, 0) is 37.2 Å². The highest BCUT2D eigenvalue weighted by Gasteiger charge is 2.29. The standard InChI is InChI=1S/C8H9NO/c10-5-9-8-4-6-1-2-7(8)3-6/h6H,1-4H2. The van der Waals surface area contributed by atoms with E-state index in [-0.39, 0.29) is 0 Å². The molecule has 1 saturated carbocycles. The second-order valence-electron chi connectivity index (χ2n) is 3.07. The van der Waals surface area contributed by atoms with Crippen molar-refractivity contribution in [3.63, 3.8) is 0 Å². The van der Waals surface area contributed by atoms with Crippen LogP contribution in [0.4, 0.5) is 0 Å². The molecule has 1 fully saturated rings. The van der Waals surface area contributed by atoms with Crippen molar-refractivity contribution < 1.29 is 4.79 Å². The van der Waals surface area contributed by atoms with Crippen LogP contribution in [0.5, 0.6) is 0 Å². The third kappa shape index (κ3) is 0.729. The monoisotopic (exact) mass is 135 g/mol. The maximum atomic E-state index is 9.91. The Morgan fingerprint density at radius 1 is 1.50 bits per heavy atom. The van der Waals surface area contributed by atoms with Crippen molar-refractivity contribution in [3.8, 4) is 0 Å². The van der Waals surface area contributed by atoms with Crippen LogP contribution < -0.4 is 0 Å². The summed E-state index contributed by atoms with van der Waals surface area (Å²) in [5, 5.41) is 0. The molecule has 2 aliphatic rings. The zero-order chi connectivity index (χ0) is 6.97. The summed E-state index contributed by atoms with van der Waals surface area (Å²) in [4.78, 5) is 13.6. The predicted octanol–water partition coefficient (Wildman–Crippen LogP) is 1.78. The molecule has 2 aliphatic carbocycles. The van der Waals surface area contributed by atoms with Gasteiger partial charge in [-0.1, -0.05) is 0 Å². The van der Waals surface area contributed by atoms with Gasteiger partial charge < -0.3 is 0 Å². The largest absolute Gasteiger partial charge is 0.240 e. The third-order valence-electron chi connectivity index (χ3n) is 2.46. The Balaban J connectivity index is 2.30. The Labute approximate surface area is 59.6 Å². The summed E-state index contributed by atoms with van der Waals surface area (Å²) < 4.78 is 0. The predicted molar refractivity (Wildman–Crippen MR) is 37.1 cm³/mol. The first-order chi connectivity index (χ1) is 4.90. The lowest BCUT2D eigenvalue weighted by molar-refractivity contribution is 0.552. The van der Waals surface area contributed by atoms with Crippen molar-refractivity contribution in [1.29, 1.82) is 0 Å². The van der Waals surface area contributed by atoms with Crippen LogP contribution in [0.15, 0.2) is 16.3 Å². The number of aliphatic imine (C=N–C) groups is 1. The zero-order valence-corrected chi connectivity index (χ0v) is 5.76. The first kappa shape index (κ1) is 5.87. The Morgan fingerprint density at radius 2 is 2.40 bits per heavy atom. The number of rotatable bonds is 1. The first-order valence-corrected chi connectivity index (χ1v) is 3.69. The molecule has 2 heteroatoms. The fraction of sp³-hybridized carbons (Fsp3) is 0.625. The molecule has 0 aromatic rings. The minimum atomic E-state index is 0.807. The number of carbonyl (C=O) groups excluding carboxylic acids is 1. The highest BCUT2D eigenvalue weighted by Crippen LogP contribution is 2.44. The van der Waals surface area contributed by atoms with Gasteiger partial charge in [0.2, 0.25) is 6.08 Å². The van der Waals surface area contributed by atoms with E-state index < -0.39 is 0 Å². The quantitative estimate of drug-likeness (QED) is 0.398. The van der Waals surface area contributed by atoms with Crippen molar-refractivity contribution in [2.45, 2.75) is 25.7 Å². The maximum Gasteiger partial charge on any atom is 0.240 e. The average molecular weight is 135 g/mol. The molecule has 0 N–H and O–H groups in total.